The summed E-state index contributed by atoms with van der Waals surface area (Å²) in [7, 11) is -1.51. The van der Waals surface area contributed by atoms with E-state index in [0.29, 0.717) is 25.0 Å². The summed E-state index contributed by atoms with van der Waals surface area (Å²) in [6.45, 7) is 6.50. The molecule has 1 N–H and O–H groups in total. The number of hydrogen-bond acceptors (Lipinski definition) is 3. The van der Waals surface area contributed by atoms with Crippen LogP contribution in [0, 0.1) is 5.92 Å². The van der Waals surface area contributed by atoms with Crippen molar-refractivity contribution in [2.75, 3.05) is 26.7 Å². The molecule has 1 aliphatic heterocycles. The highest BCUT2D eigenvalue weighted by molar-refractivity contribution is 7.86. The standard InChI is InChI=1S/C13H27N3O2S/c1-11(2)14-9-12-5-4-8-16(10-12)19(17,18)15(3)13-6-7-13/h11-14H,4-10H2,1-3H3. The summed E-state index contributed by atoms with van der Waals surface area (Å²) in [5.74, 6) is 0.443. The highest BCUT2D eigenvalue weighted by Crippen LogP contribution is 2.30. The molecule has 2 fully saturated rings. The lowest BCUT2D eigenvalue weighted by Gasteiger charge is -2.34. The van der Waals surface area contributed by atoms with Crippen LogP contribution in [0.3, 0.4) is 0 Å². The number of piperidine rings is 1. The maximum absolute atomic E-state index is 12.5. The molecular formula is C13H27N3O2S. The van der Waals surface area contributed by atoms with Gasteiger partial charge in [0.2, 0.25) is 0 Å². The van der Waals surface area contributed by atoms with Gasteiger partial charge in [0.05, 0.1) is 0 Å². The molecule has 1 aliphatic carbocycles. The SMILES string of the molecule is CC(C)NCC1CCCN(S(=O)(=O)N(C)C2CC2)C1. The largest absolute Gasteiger partial charge is 0.314 e. The van der Waals surface area contributed by atoms with E-state index in [9.17, 15) is 8.42 Å². The molecule has 0 bridgehead atoms. The maximum atomic E-state index is 12.5. The fourth-order valence-electron chi connectivity index (χ4n) is 2.61. The van der Waals surface area contributed by atoms with Crippen molar-refractivity contribution >= 4 is 10.2 Å². The molecule has 2 aliphatic rings. The average molecular weight is 289 g/mol. The topological polar surface area (TPSA) is 52.7 Å². The van der Waals surface area contributed by atoms with Crippen LogP contribution >= 0.6 is 0 Å². The summed E-state index contributed by atoms with van der Waals surface area (Å²) in [6, 6.07) is 0.709. The zero-order valence-corrected chi connectivity index (χ0v) is 13.1. The minimum absolute atomic E-state index is 0.249. The molecule has 0 spiro atoms. The molecule has 19 heavy (non-hydrogen) atoms. The Hall–Kier alpha value is -0.170. The summed E-state index contributed by atoms with van der Waals surface area (Å²) < 4.78 is 28.2. The van der Waals surface area contributed by atoms with E-state index in [1.807, 2.05) is 0 Å². The van der Waals surface area contributed by atoms with E-state index in [-0.39, 0.29) is 6.04 Å². The van der Waals surface area contributed by atoms with E-state index in [1.165, 1.54) is 0 Å². The molecule has 1 heterocycles. The normalized spacial score (nSPS) is 26.3. The first-order valence-electron chi connectivity index (χ1n) is 7.37. The Balaban J connectivity index is 1.92. The second kappa shape index (κ2) is 6.08. The summed E-state index contributed by atoms with van der Waals surface area (Å²) in [6.07, 6.45) is 4.13. The second-order valence-corrected chi connectivity index (χ2v) is 8.17. The molecule has 112 valence electrons. The van der Waals surface area contributed by atoms with Crippen molar-refractivity contribution in [3.8, 4) is 0 Å². The maximum Gasteiger partial charge on any atom is 0.281 e. The summed E-state index contributed by atoms with van der Waals surface area (Å²) >= 11 is 0. The predicted molar refractivity (Wildman–Crippen MR) is 77.1 cm³/mol. The van der Waals surface area contributed by atoms with E-state index in [4.69, 9.17) is 0 Å². The van der Waals surface area contributed by atoms with Crippen molar-refractivity contribution in [1.29, 1.82) is 0 Å². The zero-order valence-electron chi connectivity index (χ0n) is 12.3. The van der Waals surface area contributed by atoms with Gasteiger partial charge in [-0.2, -0.15) is 17.0 Å². The van der Waals surface area contributed by atoms with Crippen LogP contribution in [0.4, 0.5) is 0 Å². The zero-order chi connectivity index (χ0) is 14.0. The van der Waals surface area contributed by atoms with Gasteiger partial charge in [0, 0.05) is 32.2 Å². The second-order valence-electron chi connectivity index (χ2n) is 6.18. The summed E-state index contributed by atoms with van der Waals surface area (Å²) in [4.78, 5) is 0. The Morgan fingerprint density at radius 3 is 2.58 bits per heavy atom. The Kier molecular flexibility index (Phi) is 4.87. The molecule has 5 nitrogen and oxygen atoms in total. The van der Waals surface area contributed by atoms with Crippen LogP contribution in [0.1, 0.15) is 39.5 Å². The van der Waals surface area contributed by atoms with Crippen molar-refractivity contribution in [2.45, 2.75) is 51.6 Å². The molecule has 0 aromatic rings. The molecule has 0 aromatic heterocycles. The molecule has 6 heteroatoms. The fraction of sp³-hybridized carbons (Fsp3) is 1.00. The van der Waals surface area contributed by atoms with Crippen molar-refractivity contribution in [3.63, 3.8) is 0 Å². The van der Waals surface area contributed by atoms with Crippen LogP contribution in [0.2, 0.25) is 0 Å². The van der Waals surface area contributed by atoms with E-state index >= 15 is 0 Å². The third-order valence-corrected chi connectivity index (χ3v) is 6.06. The summed E-state index contributed by atoms with van der Waals surface area (Å²) in [5, 5.41) is 3.42. The highest BCUT2D eigenvalue weighted by atomic mass is 32.2. The first-order valence-corrected chi connectivity index (χ1v) is 8.77. The molecule has 0 amide bonds. The smallest absolute Gasteiger partial charge is 0.281 e. The van der Waals surface area contributed by atoms with Gasteiger partial charge in [-0.3, -0.25) is 0 Å². The van der Waals surface area contributed by atoms with Gasteiger partial charge >= 0.3 is 0 Å². The van der Waals surface area contributed by atoms with Crippen molar-refractivity contribution < 1.29 is 8.42 Å². The molecule has 0 aromatic carbocycles. The van der Waals surface area contributed by atoms with Gasteiger partial charge in [0.25, 0.3) is 10.2 Å². The average Bonchev–Trinajstić information content (AvgIpc) is 3.20. The fourth-order valence-corrected chi connectivity index (χ4v) is 4.32. The molecule has 1 unspecified atom stereocenters. The third kappa shape index (κ3) is 3.90. The van der Waals surface area contributed by atoms with Crippen LogP contribution in [-0.2, 0) is 10.2 Å². The highest BCUT2D eigenvalue weighted by Gasteiger charge is 2.39. The third-order valence-electron chi connectivity index (χ3n) is 4.05. The van der Waals surface area contributed by atoms with Gasteiger partial charge in [-0.1, -0.05) is 13.8 Å². The Labute approximate surface area is 117 Å². The Morgan fingerprint density at radius 2 is 2.00 bits per heavy atom. The molecule has 1 atom stereocenters. The monoisotopic (exact) mass is 289 g/mol. The van der Waals surface area contributed by atoms with Gasteiger partial charge in [0.15, 0.2) is 0 Å². The molecule has 1 saturated carbocycles. The Morgan fingerprint density at radius 1 is 1.32 bits per heavy atom. The number of hydrogen-bond donors (Lipinski definition) is 1. The molecular weight excluding hydrogens is 262 g/mol. The van der Waals surface area contributed by atoms with Crippen LogP contribution in [-0.4, -0.2) is 55.8 Å². The summed E-state index contributed by atoms with van der Waals surface area (Å²) in [5.41, 5.74) is 0. The van der Waals surface area contributed by atoms with E-state index < -0.39 is 10.2 Å². The number of rotatable bonds is 6. The quantitative estimate of drug-likeness (QED) is 0.795. The lowest BCUT2D eigenvalue weighted by atomic mass is 9.99. The van der Waals surface area contributed by atoms with Crippen LogP contribution < -0.4 is 5.32 Å². The van der Waals surface area contributed by atoms with Crippen LogP contribution in [0.15, 0.2) is 0 Å². The molecule has 1 saturated heterocycles. The lowest BCUT2D eigenvalue weighted by molar-refractivity contribution is 0.242. The lowest BCUT2D eigenvalue weighted by Crippen LogP contribution is -2.49. The van der Waals surface area contributed by atoms with Gasteiger partial charge in [-0.15, -0.1) is 0 Å². The first kappa shape index (κ1) is 15.2. The molecule has 0 radical (unpaired) electrons. The number of nitrogens with zero attached hydrogens (tertiary/aromatic N) is 2. The van der Waals surface area contributed by atoms with Gasteiger partial charge in [0.1, 0.15) is 0 Å². The van der Waals surface area contributed by atoms with E-state index in [2.05, 4.69) is 19.2 Å². The Bertz CT molecular complexity index is 393. The minimum Gasteiger partial charge on any atom is -0.314 e. The first-order chi connectivity index (χ1) is 8.91. The van der Waals surface area contributed by atoms with Crippen molar-refractivity contribution in [1.82, 2.24) is 13.9 Å². The van der Waals surface area contributed by atoms with E-state index in [0.717, 1.165) is 32.2 Å². The van der Waals surface area contributed by atoms with Crippen LogP contribution in [0.5, 0.6) is 0 Å². The minimum atomic E-state index is -3.23. The van der Waals surface area contributed by atoms with Crippen molar-refractivity contribution in [2.24, 2.45) is 5.92 Å². The van der Waals surface area contributed by atoms with Gasteiger partial charge < -0.3 is 5.32 Å². The van der Waals surface area contributed by atoms with E-state index in [1.54, 1.807) is 15.7 Å². The number of nitrogens with one attached hydrogen (secondary N) is 1. The molecule has 2 rings (SSSR count). The predicted octanol–water partition coefficient (Wildman–Crippen LogP) is 1.04. The van der Waals surface area contributed by atoms with Gasteiger partial charge in [-0.05, 0) is 38.1 Å². The van der Waals surface area contributed by atoms with Crippen LogP contribution in [0.25, 0.3) is 0 Å². The van der Waals surface area contributed by atoms with Crippen molar-refractivity contribution in [3.05, 3.63) is 0 Å². The van der Waals surface area contributed by atoms with Gasteiger partial charge in [-0.25, -0.2) is 0 Å².